The van der Waals surface area contributed by atoms with Crippen LogP contribution in [0.3, 0.4) is 0 Å². The van der Waals surface area contributed by atoms with E-state index >= 15 is 0 Å². The fourth-order valence-corrected chi connectivity index (χ4v) is 2.65. The average Bonchev–Trinajstić information content (AvgIpc) is 2.62. The first-order chi connectivity index (χ1) is 7.54. The second-order valence-electron chi connectivity index (χ2n) is 3.57. The van der Waals surface area contributed by atoms with Crippen LogP contribution in [0.1, 0.15) is 5.56 Å². The number of hydrogen-bond donors (Lipinski definition) is 1. The van der Waals surface area contributed by atoms with Crippen LogP contribution in [0.15, 0.2) is 23.7 Å². The summed E-state index contributed by atoms with van der Waals surface area (Å²) in [5.41, 5.74) is 3.92. The third kappa shape index (κ3) is 3.01. The Labute approximate surface area is 98.4 Å². The van der Waals surface area contributed by atoms with E-state index in [1.54, 1.807) is 11.3 Å². The molecule has 6 heteroatoms. The lowest BCUT2D eigenvalue weighted by atomic mass is 10.1. The summed E-state index contributed by atoms with van der Waals surface area (Å²) in [6.45, 7) is 0.434. The number of fused-ring (bicyclic) bond motifs is 1. The summed E-state index contributed by atoms with van der Waals surface area (Å²) >= 11 is 1.59. The second-order valence-corrected chi connectivity index (χ2v) is 6.29. The Morgan fingerprint density at radius 3 is 3.00 bits per heavy atom. The Kier molecular flexibility index (Phi) is 3.22. The standard InChI is InChI=1S/C10H12N2O2S2/c1-16(13,14)12-5-4-8-2-3-9-10(6-8)15-7-11-9/h2-3,6-7,12H,4-5H2,1H3. The van der Waals surface area contributed by atoms with Crippen LogP contribution in [0.5, 0.6) is 0 Å². The highest BCUT2D eigenvalue weighted by Gasteiger charge is 2.02. The van der Waals surface area contributed by atoms with Crippen molar-refractivity contribution in [1.29, 1.82) is 0 Å². The minimum Gasteiger partial charge on any atom is -0.245 e. The van der Waals surface area contributed by atoms with Gasteiger partial charge in [0.15, 0.2) is 0 Å². The van der Waals surface area contributed by atoms with Gasteiger partial charge in [0.2, 0.25) is 10.0 Å². The topological polar surface area (TPSA) is 59.1 Å². The number of aromatic nitrogens is 1. The molecule has 0 saturated carbocycles. The molecule has 0 amide bonds. The van der Waals surface area contributed by atoms with Crippen molar-refractivity contribution in [2.24, 2.45) is 0 Å². The van der Waals surface area contributed by atoms with E-state index in [-0.39, 0.29) is 0 Å². The summed E-state index contributed by atoms with van der Waals surface area (Å²) in [6.07, 6.45) is 1.86. The normalized spacial score (nSPS) is 12.1. The van der Waals surface area contributed by atoms with Crippen LogP contribution in [-0.2, 0) is 16.4 Å². The van der Waals surface area contributed by atoms with Gasteiger partial charge in [0.25, 0.3) is 0 Å². The van der Waals surface area contributed by atoms with E-state index < -0.39 is 10.0 Å². The third-order valence-electron chi connectivity index (χ3n) is 2.17. The van der Waals surface area contributed by atoms with Gasteiger partial charge < -0.3 is 0 Å². The van der Waals surface area contributed by atoms with Crippen molar-refractivity contribution in [3.63, 3.8) is 0 Å². The monoisotopic (exact) mass is 256 g/mol. The van der Waals surface area contributed by atoms with Gasteiger partial charge in [-0.15, -0.1) is 11.3 Å². The molecule has 0 spiro atoms. The predicted octanol–water partition coefficient (Wildman–Crippen LogP) is 1.39. The smallest absolute Gasteiger partial charge is 0.208 e. The maximum atomic E-state index is 10.9. The minimum atomic E-state index is -3.09. The molecular weight excluding hydrogens is 244 g/mol. The number of hydrogen-bond acceptors (Lipinski definition) is 4. The van der Waals surface area contributed by atoms with Gasteiger partial charge in [-0.2, -0.15) is 0 Å². The van der Waals surface area contributed by atoms with Crippen LogP contribution in [0.4, 0.5) is 0 Å². The molecule has 0 saturated heterocycles. The predicted molar refractivity (Wildman–Crippen MR) is 66.2 cm³/mol. The molecule has 1 aromatic carbocycles. The number of benzene rings is 1. The molecule has 0 atom stereocenters. The van der Waals surface area contributed by atoms with Crippen molar-refractivity contribution in [3.05, 3.63) is 29.3 Å². The highest BCUT2D eigenvalue weighted by molar-refractivity contribution is 7.88. The van der Waals surface area contributed by atoms with E-state index in [9.17, 15) is 8.42 Å². The highest BCUT2D eigenvalue weighted by atomic mass is 32.2. The SMILES string of the molecule is CS(=O)(=O)NCCc1ccc2ncsc2c1. The number of sulfonamides is 1. The molecule has 86 valence electrons. The fourth-order valence-electron chi connectivity index (χ4n) is 1.44. The molecule has 2 rings (SSSR count). The summed E-state index contributed by atoms with van der Waals surface area (Å²) < 4.78 is 25.4. The van der Waals surface area contributed by atoms with Crippen molar-refractivity contribution >= 4 is 31.6 Å². The van der Waals surface area contributed by atoms with Crippen LogP contribution in [0, 0.1) is 0 Å². The lowest BCUT2D eigenvalue weighted by Gasteiger charge is -2.02. The summed E-state index contributed by atoms with van der Waals surface area (Å²) in [4.78, 5) is 4.19. The Bertz CT molecular complexity index is 590. The molecule has 0 aliphatic carbocycles. The van der Waals surface area contributed by atoms with Gasteiger partial charge in [-0.25, -0.2) is 18.1 Å². The van der Waals surface area contributed by atoms with E-state index in [1.807, 2.05) is 17.6 Å². The van der Waals surface area contributed by atoms with Gasteiger partial charge in [0, 0.05) is 6.54 Å². The summed E-state index contributed by atoms with van der Waals surface area (Å²) in [5.74, 6) is 0. The quantitative estimate of drug-likeness (QED) is 0.899. The Hall–Kier alpha value is -0.980. The first kappa shape index (κ1) is 11.5. The van der Waals surface area contributed by atoms with E-state index in [1.165, 1.54) is 6.26 Å². The van der Waals surface area contributed by atoms with Gasteiger partial charge in [-0.3, -0.25) is 0 Å². The molecule has 1 N–H and O–H groups in total. The molecule has 0 radical (unpaired) electrons. The fraction of sp³-hybridized carbons (Fsp3) is 0.300. The van der Waals surface area contributed by atoms with Crippen LogP contribution in [0.25, 0.3) is 10.2 Å². The van der Waals surface area contributed by atoms with E-state index in [0.29, 0.717) is 13.0 Å². The van der Waals surface area contributed by atoms with Crippen molar-refractivity contribution in [3.8, 4) is 0 Å². The summed E-state index contributed by atoms with van der Waals surface area (Å²) in [5, 5.41) is 0. The molecule has 0 aliphatic heterocycles. The first-order valence-electron chi connectivity index (χ1n) is 4.81. The van der Waals surface area contributed by atoms with Gasteiger partial charge in [-0.1, -0.05) is 6.07 Å². The Morgan fingerprint density at radius 1 is 1.44 bits per heavy atom. The van der Waals surface area contributed by atoms with Crippen molar-refractivity contribution < 1.29 is 8.42 Å². The Morgan fingerprint density at radius 2 is 2.25 bits per heavy atom. The molecule has 0 fully saturated rings. The van der Waals surface area contributed by atoms with E-state index in [2.05, 4.69) is 15.8 Å². The minimum absolute atomic E-state index is 0.434. The number of nitrogens with one attached hydrogen (secondary N) is 1. The molecule has 0 unspecified atom stereocenters. The molecule has 1 aromatic heterocycles. The van der Waals surface area contributed by atoms with Gasteiger partial charge in [0.1, 0.15) is 0 Å². The maximum Gasteiger partial charge on any atom is 0.208 e. The van der Waals surface area contributed by atoms with Crippen molar-refractivity contribution in [2.45, 2.75) is 6.42 Å². The molecule has 1 heterocycles. The maximum absolute atomic E-state index is 10.9. The second kappa shape index (κ2) is 4.48. The molecular formula is C10H12N2O2S2. The first-order valence-corrected chi connectivity index (χ1v) is 7.58. The largest absolute Gasteiger partial charge is 0.245 e. The molecule has 16 heavy (non-hydrogen) atoms. The number of nitrogens with zero attached hydrogens (tertiary/aromatic N) is 1. The lowest BCUT2D eigenvalue weighted by Crippen LogP contribution is -2.24. The average molecular weight is 256 g/mol. The zero-order valence-corrected chi connectivity index (χ0v) is 10.4. The molecule has 2 aromatic rings. The van der Waals surface area contributed by atoms with Crippen molar-refractivity contribution in [1.82, 2.24) is 9.71 Å². The summed E-state index contributed by atoms with van der Waals surface area (Å²) in [7, 11) is -3.09. The van der Waals surface area contributed by atoms with Crippen molar-refractivity contribution in [2.75, 3.05) is 12.8 Å². The molecule has 0 bridgehead atoms. The number of thiazole rings is 1. The third-order valence-corrected chi connectivity index (χ3v) is 3.69. The van der Waals surface area contributed by atoms with Crippen LogP contribution >= 0.6 is 11.3 Å². The molecule has 4 nitrogen and oxygen atoms in total. The van der Waals surface area contributed by atoms with E-state index in [0.717, 1.165) is 15.8 Å². The zero-order chi connectivity index (χ0) is 11.6. The Balaban J connectivity index is 2.04. The summed E-state index contributed by atoms with van der Waals surface area (Å²) in [6, 6.07) is 5.99. The molecule has 0 aliphatic rings. The number of rotatable bonds is 4. The highest BCUT2D eigenvalue weighted by Crippen LogP contribution is 2.19. The van der Waals surface area contributed by atoms with Crippen LogP contribution in [-0.4, -0.2) is 26.2 Å². The van der Waals surface area contributed by atoms with Gasteiger partial charge >= 0.3 is 0 Å². The van der Waals surface area contributed by atoms with Gasteiger partial charge in [-0.05, 0) is 24.1 Å². The lowest BCUT2D eigenvalue weighted by molar-refractivity contribution is 0.588. The van der Waals surface area contributed by atoms with E-state index in [4.69, 9.17) is 0 Å². The van der Waals surface area contributed by atoms with Gasteiger partial charge in [0.05, 0.1) is 22.0 Å². The van der Waals surface area contributed by atoms with Crippen LogP contribution < -0.4 is 4.72 Å². The zero-order valence-electron chi connectivity index (χ0n) is 8.80. The van der Waals surface area contributed by atoms with Crippen LogP contribution in [0.2, 0.25) is 0 Å².